The van der Waals surface area contributed by atoms with Crippen LogP contribution in [-0.2, 0) is 6.18 Å². The summed E-state index contributed by atoms with van der Waals surface area (Å²) in [5.41, 5.74) is 4.94. The molecule has 0 atom stereocenters. The molecule has 2 nitrogen and oxygen atoms in total. The number of hydrogen-bond acceptors (Lipinski definition) is 2. The molecule has 0 aliphatic rings. The molecular weight excluding hydrogens is 255 g/mol. The van der Waals surface area contributed by atoms with Gasteiger partial charge in [-0.15, -0.1) is 0 Å². The fraction of sp³-hybridized carbons (Fsp3) is 0.0714. The SMILES string of the molecule is Nc1cc(C(F)(F)F)ccc1C(=O)c1ccccc1. The Kier molecular flexibility index (Phi) is 3.29. The van der Waals surface area contributed by atoms with Crippen molar-refractivity contribution >= 4 is 11.5 Å². The molecule has 0 heterocycles. The van der Waals surface area contributed by atoms with Gasteiger partial charge in [0.15, 0.2) is 5.78 Å². The largest absolute Gasteiger partial charge is 0.416 e. The predicted molar refractivity (Wildman–Crippen MR) is 65.7 cm³/mol. The number of nitrogen functional groups attached to an aromatic ring is 1. The van der Waals surface area contributed by atoms with Crippen LogP contribution in [0.25, 0.3) is 0 Å². The van der Waals surface area contributed by atoms with Gasteiger partial charge in [0, 0.05) is 16.8 Å². The first-order valence-electron chi connectivity index (χ1n) is 5.46. The molecule has 0 saturated carbocycles. The van der Waals surface area contributed by atoms with E-state index in [1.54, 1.807) is 30.3 Å². The number of nitrogens with two attached hydrogens (primary N) is 1. The highest BCUT2D eigenvalue weighted by Crippen LogP contribution is 2.31. The lowest BCUT2D eigenvalue weighted by molar-refractivity contribution is -0.137. The standard InChI is InChI=1S/C14H10F3NO/c15-14(16,17)10-6-7-11(12(18)8-10)13(19)9-4-2-1-3-5-9/h1-8H,18H2. The highest BCUT2D eigenvalue weighted by atomic mass is 19.4. The Bertz CT molecular complexity index is 606. The van der Waals surface area contributed by atoms with E-state index in [0.29, 0.717) is 5.56 Å². The maximum atomic E-state index is 12.5. The van der Waals surface area contributed by atoms with E-state index in [-0.39, 0.29) is 11.3 Å². The Morgan fingerprint density at radius 3 is 2.16 bits per heavy atom. The predicted octanol–water partition coefficient (Wildman–Crippen LogP) is 3.52. The molecule has 19 heavy (non-hydrogen) atoms. The summed E-state index contributed by atoms with van der Waals surface area (Å²) in [7, 11) is 0. The Balaban J connectivity index is 2.40. The van der Waals surface area contributed by atoms with Gasteiger partial charge in [0.1, 0.15) is 0 Å². The zero-order valence-electron chi connectivity index (χ0n) is 9.74. The summed E-state index contributed by atoms with van der Waals surface area (Å²) >= 11 is 0. The first-order chi connectivity index (χ1) is 8.89. The Morgan fingerprint density at radius 2 is 1.63 bits per heavy atom. The smallest absolute Gasteiger partial charge is 0.398 e. The Hall–Kier alpha value is -2.30. The van der Waals surface area contributed by atoms with E-state index in [1.165, 1.54) is 0 Å². The molecule has 0 aliphatic heterocycles. The molecule has 2 aromatic rings. The summed E-state index contributed by atoms with van der Waals surface area (Å²) in [6.07, 6.45) is -4.47. The number of rotatable bonds is 2. The first-order valence-corrected chi connectivity index (χ1v) is 5.46. The molecule has 0 unspecified atom stereocenters. The summed E-state index contributed by atoms with van der Waals surface area (Å²) in [4.78, 5) is 12.1. The van der Waals surface area contributed by atoms with Gasteiger partial charge >= 0.3 is 6.18 Å². The number of benzene rings is 2. The number of alkyl halides is 3. The van der Waals surface area contributed by atoms with Gasteiger partial charge in [-0.3, -0.25) is 4.79 Å². The fourth-order valence-electron chi connectivity index (χ4n) is 1.69. The van der Waals surface area contributed by atoms with Crippen molar-refractivity contribution in [2.24, 2.45) is 0 Å². The molecule has 0 spiro atoms. The van der Waals surface area contributed by atoms with E-state index in [2.05, 4.69) is 0 Å². The molecule has 0 aromatic heterocycles. The quantitative estimate of drug-likeness (QED) is 0.667. The van der Waals surface area contributed by atoms with E-state index in [4.69, 9.17) is 5.73 Å². The van der Waals surface area contributed by atoms with E-state index < -0.39 is 17.5 Å². The minimum Gasteiger partial charge on any atom is -0.398 e. The molecule has 2 N–H and O–H groups in total. The molecule has 0 radical (unpaired) electrons. The third kappa shape index (κ3) is 2.76. The summed E-state index contributed by atoms with van der Waals surface area (Å²) in [5, 5.41) is 0. The van der Waals surface area contributed by atoms with Crippen molar-refractivity contribution in [1.29, 1.82) is 0 Å². The highest BCUT2D eigenvalue weighted by Gasteiger charge is 2.31. The maximum Gasteiger partial charge on any atom is 0.416 e. The number of carbonyl (C=O) groups excluding carboxylic acids is 1. The van der Waals surface area contributed by atoms with Crippen LogP contribution in [0, 0.1) is 0 Å². The summed E-state index contributed by atoms with van der Waals surface area (Å²) < 4.78 is 37.4. The molecule has 0 amide bonds. The third-order valence-electron chi connectivity index (χ3n) is 2.66. The molecule has 98 valence electrons. The van der Waals surface area contributed by atoms with Crippen LogP contribution in [0.2, 0.25) is 0 Å². The minimum absolute atomic E-state index is 0.0687. The maximum absolute atomic E-state index is 12.5. The van der Waals surface area contributed by atoms with Crippen molar-refractivity contribution in [2.75, 3.05) is 5.73 Å². The van der Waals surface area contributed by atoms with Crippen molar-refractivity contribution in [3.05, 3.63) is 65.2 Å². The number of ketones is 1. The van der Waals surface area contributed by atoms with Gasteiger partial charge in [-0.1, -0.05) is 30.3 Å². The number of carbonyl (C=O) groups is 1. The zero-order valence-corrected chi connectivity index (χ0v) is 9.74. The number of hydrogen-bond donors (Lipinski definition) is 1. The summed E-state index contributed by atoms with van der Waals surface area (Å²) in [6, 6.07) is 11.0. The lowest BCUT2D eigenvalue weighted by Crippen LogP contribution is -2.10. The molecule has 2 rings (SSSR count). The van der Waals surface area contributed by atoms with E-state index in [1.807, 2.05) is 0 Å². The first kappa shape index (κ1) is 13.1. The zero-order chi connectivity index (χ0) is 14.0. The van der Waals surface area contributed by atoms with Gasteiger partial charge in [-0.05, 0) is 18.2 Å². The summed E-state index contributed by atoms with van der Waals surface area (Å²) in [5.74, 6) is -0.396. The Labute approximate surface area is 107 Å². The average Bonchev–Trinajstić information content (AvgIpc) is 2.38. The van der Waals surface area contributed by atoms with Gasteiger partial charge in [0.2, 0.25) is 0 Å². The molecule has 0 aliphatic carbocycles. The molecule has 0 saturated heterocycles. The van der Waals surface area contributed by atoms with Gasteiger partial charge in [-0.2, -0.15) is 13.2 Å². The summed E-state index contributed by atoms with van der Waals surface area (Å²) in [6.45, 7) is 0. The van der Waals surface area contributed by atoms with Crippen LogP contribution in [0.15, 0.2) is 48.5 Å². The van der Waals surface area contributed by atoms with Gasteiger partial charge in [0.05, 0.1) is 5.56 Å². The van der Waals surface area contributed by atoms with Crippen LogP contribution < -0.4 is 5.73 Å². The van der Waals surface area contributed by atoms with Crippen molar-refractivity contribution in [1.82, 2.24) is 0 Å². The van der Waals surface area contributed by atoms with E-state index in [9.17, 15) is 18.0 Å². The second kappa shape index (κ2) is 4.76. The third-order valence-corrected chi connectivity index (χ3v) is 2.66. The van der Waals surface area contributed by atoms with Crippen LogP contribution >= 0.6 is 0 Å². The lowest BCUT2D eigenvalue weighted by atomic mass is 10.00. The van der Waals surface area contributed by atoms with Gasteiger partial charge in [-0.25, -0.2) is 0 Å². The molecule has 0 fully saturated rings. The lowest BCUT2D eigenvalue weighted by Gasteiger charge is -2.10. The Morgan fingerprint density at radius 1 is 1.00 bits per heavy atom. The second-order valence-electron chi connectivity index (χ2n) is 3.99. The molecular formula is C14H10F3NO. The van der Waals surface area contributed by atoms with E-state index >= 15 is 0 Å². The van der Waals surface area contributed by atoms with Crippen molar-refractivity contribution in [2.45, 2.75) is 6.18 Å². The minimum atomic E-state index is -4.47. The van der Waals surface area contributed by atoms with Gasteiger partial charge in [0.25, 0.3) is 0 Å². The van der Waals surface area contributed by atoms with Crippen molar-refractivity contribution in [3.63, 3.8) is 0 Å². The normalized spacial score (nSPS) is 11.3. The van der Waals surface area contributed by atoms with E-state index in [0.717, 1.165) is 18.2 Å². The van der Waals surface area contributed by atoms with Crippen LogP contribution in [0.3, 0.4) is 0 Å². The van der Waals surface area contributed by atoms with Crippen LogP contribution in [0.1, 0.15) is 21.5 Å². The number of anilines is 1. The van der Waals surface area contributed by atoms with Crippen molar-refractivity contribution in [3.8, 4) is 0 Å². The monoisotopic (exact) mass is 265 g/mol. The second-order valence-corrected chi connectivity index (χ2v) is 3.99. The van der Waals surface area contributed by atoms with Crippen LogP contribution in [0.4, 0.5) is 18.9 Å². The molecule has 0 bridgehead atoms. The fourth-order valence-corrected chi connectivity index (χ4v) is 1.69. The van der Waals surface area contributed by atoms with Gasteiger partial charge < -0.3 is 5.73 Å². The molecule has 5 heteroatoms. The topological polar surface area (TPSA) is 43.1 Å². The average molecular weight is 265 g/mol. The highest BCUT2D eigenvalue weighted by molar-refractivity contribution is 6.12. The van der Waals surface area contributed by atoms with Crippen LogP contribution in [0.5, 0.6) is 0 Å². The molecule has 2 aromatic carbocycles. The number of halogens is 3. The van der Waals surface area contributed by atoms with Crippen LogP contribution in [-0.4, -0.2) is 5.78 Å². The van der Waals surface area contributed by atoms with Crippen molar-refractivity contribution < 1.29 is 18.0 Å².